The molecule has 0 unspecified atom stereocenters. The van der Waals surface area contributed by atoms with Gasteiger partial charge in [-0.1, -0.05) is 24.3 Å². The molecule has 6 rings (SSSR count). The lowest BCUT2D eigenvalue weighted by molar-refractivity contribution is -0.130. The molecule has 14 heteroatoms. The number of alkyl carbamates (subject to hydrolysis) is 1. The largest absolute Gasteiger partial charge is 0.444 e. The first-order valence-electron chi connectivity index (χ1n) is 18.5. The number of H-pyrrole nitrogens is 1. The van der Waals surface area contributed by atoms with Gasteiger partial charge in [0, 0.05) is 42.9 Å². The van der Waals surface area contributed by atoms with E-state index >= 15 is 0 Å². The van der Waals surface area contributed by atoms with Crippen molar-refractivity contribution in [2.45, 2.75) is 71.4 Å². The molecule has 1 aliphatic carbocycles. The average Bonchev–Trinajstić information content (AvgIpc) is 3.60. The fourth-order valence-corrected chi connectivity index (χ4v) is 7.14. The van der Waals surface area contributed by atoms with Crippen LogP contribution in [0.25, 0.3) is 22.5 Å². The van der Waals surface area contributed by atoms with Gasteiger partial charge in [0.05, 0.1) is 24.9 Å². The third-order valence-corrected chi connectivity index (χ3v) is 10.0. The highest BCUT2D eigenvalue weighted by molar-refractivity contribution is 6.28. The standard InChI is InChI=1S/C40H49ClN8O5/c1-25-20-34(48-16-18-53-19-17-48)43-24-32(25)30-7-5-6-27(21-30)22-33(42)37(51)49(31-14-12-28(13-15-31)35-45-38(41)47-46-35)36(50)29-10-8-26(9-11-29)23-44-39(52)54-40(2,3)4/h5-7,12-15,20-21,24,26,29,33H,8-11,16-19,22-23,42H2,1-4H3,(H,44,52)(H,45,46,47)/t26?,29?,33-/m0/s1. The highest BCUT2D eigenvalue weighted by Crippen LogP contribution is 2.33. The van der Waals surface area contributed by atoms with Crippen molar-refractivity contribution in [2.75, 3.05) is 42.6 Å². The number of amides is 3. The summed E-state index contributed by atoms with van der Waals surface area (Å²) in [7, 11) is 0. The maximum atomic E-state index is 14.3. The van der Waals surface area contributed by atoms with Crippen molar-refractivity contribution in [3.63, 3.8) is 0 Å². The second-order valence-corrected chi connectivity index (χ2v) is 15.4. The van der Waals surface area contributed by atoms with E-state index in [1.807, 2.05) is 51.2 Å². The number of aromatic amines is 1. The van der Waals surface area contributed by atoms with E-state index in [0.717, 1.165) is 54.0 Å². The summed E-state index contributed by atoms with van der Waals surface area (Å²) in [4.78, 5) is 53.2. The number of hydrogen-bond acceptors (Lipinski definition) is 10. The molecule has 2 aliphatic rings. The molecule has 1 saturated heterocycles. The number of nitrogens with two attached hydrogens (primary N) is 1. The molecule has 286 valence electrons. The summed E-state index contributed by atoms with van der Waals surface area (Å²) >= 11 is 5.94. The molecule has 0 spiro atoms. The van der Waals surface area contributed by atoms with E-state index in [1.165, 1.54) is 4.90 Å². The predicted molar refractivity (Wildman–Crippen MR) is 208 cm³/mol. The number of pyridine rings is 1. The van der Waals surface area contributed by atoms with Crippen LogP contribution < -0.4 is 20.9 Å². The van der Waals surface area contributed by atoms with Gasteiger partial charge in [-0.2, -0.15) is 10.1 Å². The number of carbonyl (C=O) groups excluding carboxylic acids is 3. The molecule has 3 heterocycles. The highest BCUT2D eigenvalue weighted by atomic mass is 35.5. The minimum atomic E-state index is -0.993. The van der Waals surface area contributed by atoms with Gasteiger partial charge in [0.15, 0.2) is 5.82 Å². The molecule has 2 aromatic carbocycles. The van der Waals surface area contributed by atoms with E-state index in [9.17, 15) is 14.4 Å². The zero-order valence-electron chi connectivity index (χ0n) is 31.3. The zero-order valence-corrected chi connectivity index (χ0v) is 32.1. The second kappa shape index (κ2) is 17.1. The zero-order chi connectivity index (χ0) is 38.4. The number of benzene rings is 2. The summed E-state index contributed by atoms with van der Waals surface area (Å²) in [6.07, 6.45) is 4.26. The number of hydrogen-bond donors (Lipinski definition) is 3. The molecule has 1 saturated carbocycles. The number of nitrogens with zero attached hydrogens (tertiary/aromatic N) is 5. The number of ether oxygens (including phenoxy) is 2. The van der Waals surface area contributed by atoms with Crippen molar-refractivity contribution in [3.8, 4) is 22.5 Å². The lowest BCUT2D eigenvalue weighted by atomic mass is 9.81. The number of aromatic nitrogens is 4. The number of rotatable bonds is 10. The number of anilines is 2. The van der Waals surface area contributed by atoms with Crippen LogP contribution in [0.4, 0.5) is 16.3 Å². The fraction of sp³-hybridized carbons (Fsp3) is 0.450. The lowest BCUT2D eigenvalue weighted by Crippen LogP contribution is -2.50. The summed E-state index contributed by atoms with van der Waals surface area (Å²) in [5.41, 5.74) is 11.1. The van der Waals surface area contributed by atoms with Gasteiger partial charge < -0.3 is 25.4 Å². The van der Waals surface area contributed by atoms with E-state index < -0.39 is 23.6 Å². The van der Waals surface area contributed by atoms with Gasteiger partial charge in [0.25, 0.3) is 5.91 Å². The smallest absolute Gasteiger partial charge is 0.407 e. The minimum Gasteiger partial charge on any atom is -0.444 e. The number of morpholine rings is 1. The van der Waals surface area contributed by atoms with Crippen molar-refractivity contribution in [3.05, 3.63) is 77.2 Å². The van der Waals surface area contributed by atoms with Crippen LogP contribution in [0.5, 0.6) is 0 Å². The monoisotopic (exact) mass is 756 g/mol. The maximum Gasteiger partial charge on any atom is 0.407 e. The number of halogens is 1. The number of imide groups is 1. The molecule has 1 atom stereocenters. The molecular weight excluding hydrogens is 708 g/mol. The fourth-order valence-electron chi connectivity index (χ4n) is 7.01. The Morgan fingerprint density at radius 2 is 1.78 bits per heavy atom. The third-order valence-electron chi connectivity index (χ3n) is 9.85. The van der Waals surface area contributed by atoms with E-state index in [0.29, 0.717) is 49.7 Å². The van der Waals surface area contributed by atoms with Crippen LogP contribution in [0.15, 0.2) is 60.8 Å². The van der Waals surface area contributed by atoms with E-state index in [4.69, 9.17) is 31.8 Å². The Kier molecular flexibility index (Phi) is 12.3. The normalized spacial score (nSPS) is 18.1. The molecule has 13 nitrogen and oxygen atoms in total. The Morgan fingerprint density at radius 3 is 2.43 bits per heavy atom. The minimum absolute atomic E-state index is 0.157. The van der Waals surface area contributed by atoms with Crippen LogP contribution in [0, 0.1) is 18.8 Å². The van der Waals surface area contributed by atoms with Crippen LogP contribution >= 0.6 is 11.6 Å². The quantitative estimate of drug-likeness (QED) is 0.172. The third kappa shape index (κ3) is 9.82. The first kappa shape index (κ1) is 38.9. The first-order valence-corrected chi connectivity index (χ1v) is 18.9. The van der Waals surface area contributed by atoms with Gasteiger partial charge in [-0.05, 0) is 124 Å². The summed E-state index contributed by atoms with van der Waals surface area (Å²) in [6.45, 7) is 11.0. The van der Waals surface area contributed by atoms with Crippen LogP contribution in [0.3, 0.4) is 0 Å². The van der Waals surface area contributed by atoms with Gasteiger partial charge in [-0.25, -0.2) is 19.8 Å². The van der Waals surface area contributed by atoms with Gasteiger partial charge in [0.1, 0.15) is 11.4 Å². The molecule has 4 aromatic rings. The second-order valence-electron chi connectivity index (χ2n) is 15.1. The molecule has 54 heavy (non-hydrogen) atoms. The Morgan fingerprint density at radius 1 is 1.06 bits per heavy atom. The molecule has 4 N–H and O–H groups in total. The molecule has 0 bridgehead atoms. The van der Waals surface area contributed by atoms with Gasteiger partial charge >= 0.3 is 6.09 Å². The van der Waals surface area contributed by atoms with Crippen molar-refractivity contribution in [1.29, 1.82) is 0 Å². The molecule has 0 radical (unpaired) electrons. The molecular formula is C40H49ClN8O5. The van der Waals surface area contributed by atoms with E-state index in [1.54, 1.807) is 24.3 Å². The average molecular weight is 757 g/mol. The van der Waals surface area contributed by atoms with Crippen molar-refractivity contribution in [1.82, 2.24) is 25.5 Å². The summed E-state index contributed by atoms with van der Waals surface area (Å²) < 4.78 is 10.9. The van der Waals surface area contributed by atoms with Gasteiger partial charge in [-0.3, -0.25) is 9.59 Å². The first-order chi connectivity index (χ1) is 25.8. The molecule has 2 fully saturated rings. The topological polar surface area (TPSA) is 169 Å². The Hall–Kier alpha value is -4.85. The van der Waals surface area contributed by atoms with Gasteiger partial charge in [0.2, 0.25) is 11.2 Å². The molecule has 1 aliphatic heterocycles. The molecule has 3 amide bonds. The Balaban J connectivity index is 1.17. The van der Waals surface area contributed by atoms with E-state index in [2.05, 4.69) is 38.4 Å². The molecule has 2 aromatic heterocycles. The number of carbonyl (C=O) groups is 3. The highest BCUT2D eigenvalue weighted by Gasteiger charge is 2.35. The predicted octanol–water partition coefficient (Wildman–Crippen LogP) is 6.09. The van der Waals surface area contributed by atoms with Crippen LogP contribution in [0.1, 0.15) is 57.6 Å². The Bertz CT molecular complexity index is 1930. The summed E-state index contributed by atoms with van der Waals surface area (Å²) in [5.74, 6) is 0.356. The van der Waals surface area contributed by atoms with Crippen LogP contribution in [0.2, 0.25) is 5.28 Å². The maximum absolute atomic E-state index is 14.3. The van der Waals surface area contributed by atoms with Crippen molar-refractivity contribution in [2.24, 2.45) is 17.6 Å². The SMILES string of the molecule is Cc1cc(N2CCOCC2)ncc1-c1cccc(C[C@H](N)C(=O)N(C(=O)C2CCC(CNC(=O)OC(C)(C)C)CC2)c2ccc(-c3n[nH]c(Cl)n3)cc2)c1. The Labute approximate surface area is 321 Å². The summed E-state index contributed by atoms with van der Waals surface area (Å²) in [6, 6.07) is 15.9. The van der Waals surface area contributed by atoms with Crippen molar-refractivity contribution >= 4 is 41.0 Å². The van der Waals surface area contributed by atoms with E-state index in [-0.39, 0.29) is 29.4 Å². The van der Waals surface area contributed by atoms with Crippen LogP contribution in [-0.2, 0) is 25.5 Å². The number of aryl methyl sites for hydroxylation is 1. The number of nitrogens with one attached hydrogen (secondary N) is 2. The van der Waals surface area contributed by atoms with Crippen molar-refractivity contribution < 1.29 is 23.9 Å². The summed E-state index contributed by atoms with van der Waals surface area (Å²) in [5, 5.41) is 9.73. The van der Waals surface area contributed by atoms with Crippen LogP contribution in [-0.4, -0.2) is 82.6 Å². The lowest BCUT2D eigenvalue weighted by Gasteiger charge is -2.32. The van der Waals surface area contributed by atoms with Gasteiger partial charge in [-0.15, -0.1) is 0 Å².